The molecule has 0 spiro atoms. The molecule has 3 aromatic heterocycles. The van der Waals surface area contributed by atoms with Crippen molar-refractivity contribution in [3.05, 3.63) is 117 Å². The summed E-state index contributed by atoms with van der Waals surface area (Å²) >= 11 is 0. The molecule has 0 aliphatic carbocycles. The molecule has 0 amide bonds. The van der Waals surface area contributed by atoms with Crippen molar-refractivity contribution in [3.63, 3.8) is 0 Å². The molecule has 2 aromatic carbocycles. The number of H-pyrrole nitrogens is 1. The molecule has 1 N–H and O–H groups in total. The zero-order valence-electron chi connectivity index (χ0n) is 21.4. The predicted octanol–water partition coefficient (Wildman–Crippen LogP) is 4.73. The summed E-state index contributed by atoms with van der Waals surface area (Å²) in [5.74, 6) is 0.777. The largest absolute Gasteiger partial charge is 0.322 e. The number of aryl methyl sites for hydroxylation is 2. The van der Waals surface area contributed by atoms with Crippen LogP contribution in [0.25, 0.3) is 10.9 Å². The minimum absolute atomic E-state index is 0.0781. The fraction of sp³-hybridized carbons (Fsp3) is 0.276. The first kappa shape index (κ1) is 24.5. The standard InChI is InChI=1S/C29H31N7O/c1-4-27(28-32-33-34-36(28)18-22-9-6-5-7-10-22)35(17-23-11-8-12-30-16-23)19-25-15-24-13-20(2)21(3)14-26(24)31-29(25)37/h5-16,27H,4,17-19H2,1-3H3,(H,31,37). The Morgan fingerprint density at radius 2 is 1.76 bits per heavy atom. The van der Waals surface area contributed by atoms with E-state index in [0.717, 1.165) is 39.8 Å². The number of tetrazole rings is 1. The number of nitrogens with one attached hydrogen (secondary N) is 1. The van der Waals surface area contributed by atoms with E-state index in [1.165, 1.54) is 5.56 Å². The van der Waals surface area contributed by atoms with Crippen molar-refractivity contribution in [2.24, 2.45) is 0 Å². The monoisotopic (exact) mass is 493 g/mol. The van der Waals surface area contributed by atoms with Gasteiger partial charge in [0.05, 0.1) is 12.6 Å². The zero-order chi connectivity index (χ0) is 25.8. The van der Waals surface area contributed by atoms with Gasteiger partial charge in [0, 0.05) is 36.6 Å². The van der Waals surface area contributed by atoms with Gasteiger partial charge in [0.1, 0.15) is 0 Å². The van der Waals surface area contributed by atoms with Crippen LogP contribution < -0.4 is 5.56 Å². The van der Waals surface area contributed by atoms with Crippen LogP contribution in [0, 0.1) is 13.8 Å². The van der Waals surface area contributed by atoms with Crippen molar-refractivity contribution in [1.29, 1.82) is 0 Å². The second-order valence-corrected chi connectivity index (χ2v) is 9.52. The van der Waals surface area contributed by atoms with E-state index < -0.39 is 0 Å². The highest BCUT2D eigenvalue weighted by atomic mass is 16.1. The Hall–Kier alpha value is -4.17. The van der Waals surface area contributed by atoms with E-state index in [-0.39, 0.29) is 11.6 Å². The molecule has 5 aromatic rings. The van der Waals surface area contributed by atoms with E-state index in [0.29, 0.717) is 25.2 Å². The van der Waals surface area contributed by atoms with Gasteiger partial charge >= 0.3 is 0 Å². The number of benzene rings is 2. The Kier molecular flexibility index (Phi) is 7.18. The van der Waals surface area contributed by atoms with Crippen LogP contribution in [0.4, 0.5) is 0 Å². The maximum Gasteiger partial charge on any atom is 0.252 e. The Morgan fingerprint density at radius 1 is 0.973 bits per heavy atom. The highest BCUT2D eigenvalue weighted by molar-refractivity contribution is 5.80. The third kappa shape index (κ3) is 5.49. The van der Waals surface area contributed by atoms with Gasteiger partial charge in [0.25, 0.3) is 5.56 Å². The molecular weight excluding hydrogens is 462 g/mol. The molecule has 1 atom stereocenters. The van der Waals surface area contributed by atoms with Crippen LogP contribution in [-0.2, 0) is 19.6 Å². The number of fused-ring (bicyclic) bond motifs is 1. The molecule has 0 fully saturated rings. The molecule has 8 heteroatoms. The fourth-order valence-corrected chi connectivity index (χ4v) is 4.78. The van der Waals surface area contributed by atoms with Crippen LogP contribution in [0.2, 0.25) is 0 Å². The number of hydrogen-bond donors (Lipinski definition) is 1. The second-order valence-electron chi connectivity index (χ2n) is 9.52. The lowest BCUT2D eigenvalue weighted by molar-refractivity contribution is 0.161. The molecule has 0 radical (unpaired) electrons. The van der Waals surface area contributed by atoms with E-state index in [1.807, 2.05) is 47.3 Å². The van der Waals surface area contributed by atoms with E-state index in [1.54, 1.807) is 6.20 Å². The van der Waals surface area contributed by atoms with Crippen molar-refractivity contribution in [2.75, 3.05) is 0 Å². The van der Waals surface area contributed by atoms with Crippen molar-refractivity contribution in [3.8, 4) is 0 Å². The number of rotatable bonds is 9. The lowest BCUT2D eigenvalue weighted by Crippen LogP contribution is -2.32. The lowest BCUT2D eigenvalue weighted by Gasteiger charge is -2.30. The summed E-state index contributed by atoms with van der Waals surface area (Å²) in [4.78, 5) is 22.8. The number of aromatic nitrogens is 6. The number of nitrogens with zero attached hydrogens (tertiary/aromatic N) is 6. The molecule has 0 saturated heterocycles. The van der Waals surface area contributed by atoms with Gasteiger partial charge in [-0.3, -0.25) is 14.7 Å². The molecule has 0 saturated carbocycles. The zero-order valence-corrected chi connectivity index (χ0v) is 21.4. The topological polar surface area (TPSA) is 92.6 Å². The maximum absolute atomic E-state index is 13.2. The van der Waals surface area contributed by atoms with E-state index >= 15 is 0 Å². The minimum atomic E-state index is -0.103. The molecule has 37 heavy (non-hydrogen) atoms. The summed E-state index contributed by atoms with van der Waals surface area (Å²) in [5, 5.41) is 13.8. The Balaban J connectivity index is 1.52. The van der Waals surface area contributed by atoms with Gasteiger partial charge in [0.15, 0.2) is 5.82 Å². The summed E-state index contributed by atoms with van der Waals surface area (Å²) in [5.41, 5.74) is 6.03. The van der Waals surface area contributed by atoms with E-state index in [4.69, 9.17) is 0 Å². The van der Waals surface area contributed by atoms with Crippen molar-refractivity contribution >= 4 is 10.9 Å². The first-order valence-electron chi connectivity index (χ1n) is 12.6. The smallest absolute Gasteiger partial charge is 0.252 e. The van der Waals surface area contributed by atoms with Crippen molar-refractivity contribution in [2.45, 2.75) is 52.9 Å². The lowest BCUT2D eigenvalue weighted by atomic mass is 10.0. The predicted molar refractivity (Wildman–Crippen MR) is 144 cm³/mol. The summed E-state index contributed by atoms with van der Waals surface area (Å²) in [6.45, 7) is 7.91. The fourth-order valence-electron chi connectivity index (χ4n) is 4.78. The quantitative estimate of drug-likeness (QED) is 0.319. The maximum atomic E-state index is 13.2. The molecule has 0 aliphatic heterocycles. The van der Waals surface area contributed by atoms with Gasteiger partial charge in [-0.05, 0) is 82.6 Å². The first-order chi connectivity index (χ1) is 18.0. The number of pyridine rings is 2. The third-order valence-electron chi connectivity index (χ3n) is 6.88. The molecule has 0 aliphatic rings. The van der Waals surface area contributed by atoms with Crippen LogP contribution >= 0.6 is 0 Å². The van der Waals surface area contributed by atoms with Crippen LogP contribution in [0.5, 0.6) is 0 Å². The van der Waals surface area contributed by atoms with Gasteiger partial charge in [-0.1, -0.05) is 43.3 Å². The van der Waals surface area contributed by atoms with Crippen LogP contribution in [0.1, 0.15) is 53.0 Å². The van der Waals surface area contributed by atoms with Gasteiger partial charge in [0.2, 0.25) is 0 Å². The van der Waals surface area contributed by atoms with E-state index in [9.17, 15) is 4.79 Å². The highest BCUT2D eigenvalue weighted by Gasteiger charge is 2.26. The van der Waals surface area contributed by atoms with Crippen LogP contribution in [0.15, 0.2) is 77.9 Å². The Bertz CT molecular complexity index is 1540. The van der Waals surface area contributed by atoms with Crippen LogP contribution in [-0.4, -0.2) is 35.1 Å². The van der Waals surface area contributed by atoms with Gasteiger partial charge in [-0.25, -0.2) is 4.68 Å². The van der Waals surface area contributed by atoms with Crippen LogP contribution in [0.3, 0.4) is 0 Å². The molecule has 3 heterocycles. The summed E-state index contributed by atoms with van der Waals surface area (Å²) in [7, 11) is 0. The second kappa shape index (κ2) is 10.8. The normalized spacial score (nSPS) is 12.3. The molecule has 8 nitrogen and oxygen atoms in total. The third-order valence-corrected chi connectivity index (χ3v) is 6.88. The number of aromatic amines is 1. The molecule has 188 valence electrons. The molecular formula is C29H31N7O. The summed E-state index contributed by atoms with van der Waals surface area (Å²) in [6.07, 6.45) is 4.41. The summed E-state index contributed by atoms with van der Waals surface area (Å²) < 4.78 is 1.86. The van der Waals surface area contributed by atoms with Gasteiger partial charge in [-0.2, -0.15) is 0 Å². The summed E-state index contributed by atoms with van der Waals surface area (Å²) in [6, 6.07) is 20.2. The van der Waals surface area contributed by atoms with Crippen molar-refractivity contribution < 1.29 is 0 Å². The van der Waals surface area contributed by atoms with Gasteiger partial charge in [-0.15, -0.1) is 5.10 Å². The molecule has 5 rings (SSSR count). The first-order valence-corrected chi connectivity index (χ1v) is 12.6. The minimum Gasteiger partial charge on any atom is -0.322 e. The van der Waals surface area contributed by atoms with Crippen molar-refractivity contribution in [1.82, 2.24) is 35.1 Å². The Labute approximate surface area is 216 Å². The number of hydrogen-bond acceptors (Lipinski definition) is 6. The average Bonchev–Trinajstić information content (AvgIpc) is 3.35. The SMILES string of the molecule is CCC(c1nnnn1Cc1ccccc1)N(Cc1cccnc1)Cc1cc2cc(C)c(C)cc2[nH]c1=O. The van der Waals surface area contributed by atoms with E-state index in [2.05, 4.69) is 75.4 Å². The average molecular weight is 494 g/mol. The Morgan fingerprint density at radius 3 is 2.51 bits per heavy atom. The highest BCUT2D eigenvalue weighted by Crippen LogP contribution is 2.27. The van der Waals surface area contributed by atoms with Gasteiger partial charge < -0.3 is 4.98 Å². The molecule has 0 bridgehead atoms. The molecule has 1 unspecified atom stereocenters.